The summed E-state index contributed by atoms with van der Waals surface area (Å²) in [5.74, 6) is 0.399. The first kappa shape index (κ1) is 19.5. The number of methoxy groups -OCH3 is 1. The quantitative estimate of drug-likeness (QED) is 0.530. The maximum absolute atomic E-state index is 12.9. The lowest BCUT2D eigenvalue weighted by Gasteiger charge is -2.14. The summed E-state index contributed by atoms with van der Waals surface area (Å²) >= 11 is 0. The molecule has 152 valence electrons. The van der Waals surface area contributed by atoms with Crippen molar-refractivity contribution >= 4 is 22.9 Å². The number of imidazole rings is 1. The van der Waals surface area contributed by atoms with Crippen LogP contribution in [0.5, 0.6) is 5.75 Å². The molecule has 6 nitrogen and oxygen atoms in total. The van der Waals surface area contributed by atoms with Gasteiger partial charge in [-0.1, -0.05) is 12.1 Å². The van der Waals surface area contributed by atoms with E-state index in [1.807, 2.05) is 91.2 Å². The summed E-state index contributed by atoms with van der Waals surface area (Å²) < 4.78 is 7.46. The van der Waals surface area contributed by atoms with Gasteiger partial charge < -0.3 is 19.4 Å². The van der Waals surface area contributed by atoms with Gasteiger partial charge in [-0.25, -0.2) is 4.98 Å². The molecule has 0 unspecified atom stereocenters. The van der Waals surface area contributed by atoms with Crippen LogP contribution in [0.3, 0.4) is 0 Å². The van der Waals surface area contributed by atoms with Crippen LogP contribution in [0.25, 0.3) is 16.9 Å². The molecule has 2 heterocycles. The second kappa shape index (κ2) is 7.91. The number of ether oxygens (including phenoxy) is 1. The average molecular weight is 400 g/mol. The van der Waals surface area contributed by atoms with Gasteiger partial charge in [0.25, 0.3) is 5.91 Å². The maximum Gasteiger partial charge on any atom is 0.255 e. The standard InChI is InChI=1S/C24H24N4O2/c1-16-7-6-12-28-15-21(25-23(16)28)17-10-11-22(30-4)20(14-17)26-24(29)18-8-5-9-19(13-18)27(2)3/h5-15H,1-4H3,(H,26,29). The van der Waals surface area contributed by atoms with Crippen molar-refractivity contribution in [2.45, 2.75) is 6.92 Å². The fraction of sp³-hybridized carbons (Fsp3) is 0.167. The van der Waals surface area contributed by atoms with Crippen LogP contribution in [-0.2, 0) is 0 Å². The Bertz CT molecular complexity index is 1230. The Morgan fingerprint density at radius 3 is 2.67 bits per heavy atom. The lowest BCUT2D eigenvalue weighted by Crippen LogP contribution is -2.14. The van der Waals surface area contributed by atoms with Crippen LogP contribution in [0.4, 0.5) is 11.4 Å². The van der Waals surface area contributed by atoms with Gasteiger partial charge in [0.05, 0.1) is 18.5 Å². The zero-order valence-corrected chi connectivity index (χ0v) is 17.5. The van der Waals surface area contributed by atoms with Gasteiger partial charge in [0.15, 0.2) is 0 Å². The number of carbonyl (C=O) groups excluding carboxylic acids is 1. The third-order valence-corrected chi connectivity index (χ3v) is 5.05. The second-order valence-corrected chi connectivity index (χ2v) is 7.36. The van der Waals surface area contributed by atoms with Crippen LogP contribution in [0.1, 0.15) is 15.9 Å². The normalized spacial score (nSPS) is 10.8. The third-order valence-electron chi connectivity index (χ3n) is 5.05. The summed E-state index contributed by atoms with van der Waals surface area (Å²) in [6.45, 7) is 2.04. The molecule has 0 bridgehead atoms. The zero-order chi connectivity index (χ0) is 21.3. The predicted molar refractivity (Wildman–Crippen MR) is 121 cm³/mol. The molecule has 0 saturated heterocycles. The minimum absolute atomic E-state index is 0.194. The van der Waals surface area contributed by atoms with Crippen molar-refractivity contribution in [3.63, 3.8) is 0 Å². The van der Waals surface area contributed by atoms with Gasteiger partial charge in [0.1, 0.15) is 11.4 Å². The molecular formula is C24H24N4O2. The van der Waals surface area contributed by atoms with Gasteiger partial charge in [-0.15, -0.1) is 0 Å². The van der Waals surface area contributed by atoms with Gasteiger partial charge >= 0.3 is 0 Å². The van der Waals surface area contributed by atoms with E-state index in [2.05, 4.69) is 5.32 Å². The topological polar surface area (TPSA) is 58.9 Å². The fourth-order valence-electron chi connectivity index (χ4n) is 3.38. The number of pyridine rings is 1. The molecule has 0 atom stereocenters. The van der Waals surface area contributed by atoms with E-state index in [0.717, 1.165) is 28.2 Å². The number of hydrogen-bond donors (Lipinski definition) is 1. The average Bonchev–Trinajstić information content (AvgIpc) is 3.19. The van der Waals surface area contributed by atoms with E-state index in [-0.39, 0.29) is 5.91 Å². The number of aromatic nitrogens is 2. The zero-order valence-electron chi connectivity index (χ0n) is 17.5. The summed E-state index contributed by atoms with van der Waals surface area (Å²) in [5.41, 5.74) is 5.89. The summed E-state index contributed by atoms with van der Waals surface area (Å²) in [6.07, 6.45) is 3.96. The molecule has 0 aliphatic rings. The van der Waals surface area contributed by atoms with Crippen molar-refractivity contribution in [3.8, 4) is 17.0 Å². The molecule has 6 heteroatoms. The lowest BCUT2D eigenvalue weighted by molar-refractivity contribution is 0.102. The smallest absolute Gasteiger partial charge is 0.255 e. The highest BCUT2D eigenvalue weighted by molar-refractivity contribution is 6.05. The lowest BCUT2D eigenvalue weighted by atomic mass is 10.1. The number of aryl methyl sites for hydroxylation is 1. The number of nitrogens with zero attached hydrogens (tertiary/aromatic N) is 3. The van der Waals surface area contributed by atoms with E-state index in [1.165, 1.54) is 0 Å². The van der Waals surface area contributed by atoms with Crippen molar-refractivity contribution in [1.82, 2.24) is 9.38 Å². The predicted octanol–water partition coefficient (Wildman–Crippen LogP) is 4.64. The SMILES string of the molecule is COc1ccc(-c2cn3cccc(C)c3n2)cc1NC(=O)c1cccc(N(C)C)c1. The van der Waals surface area contributed by atoms with Gasteiger partial charge in [-0.2, -0.15) is 0 Å². The molecule has 4 rings (SSSR count). The minimum atomic E-state index is -0.194. The summed E-state index contributed by atoms with van der Waals surface area (Å²) in [6, 6.07) is 17.2. The highest BCUT2D eigenvalue weighted by atomic mass is 16.5. The van der Waals surface area contributed by atoms with Crippen molar-refractivity contribution in [2.24, 2.45) is 0 Å². The van der Waals surface area contributed by atoms with Gasteiger partial charge in [-0.3, -0.25) is 4.79 Å². The fourth-order valence-corrected chi connectivity index (χ4v) is 3.38. The van der Waals surface area contributed by atoms with Crippen LogP contribution in [0.15, 0.2) is 67.0 Å². The molecule has 2 aromatic carbocycles. The second-order valence-electron chi connectivity index (χ2n) is 7.36. The van der Waals surface area contributed by atoms with E-state index in [9.17, 15) is 4.79 Å². The summed E-state index contributed by atoms with van der Waals surface area (Å²) in [5, 5.41) is 2.98. The summed E-state index contributed by atoms with van der Waals surface area (Å²) in [4.78, 5) is 19.6. The highest BCUT2D eigenvalue weighted by Gasteiger charge is 2.14. The molecule has 0 spiro atoms. The van der Waals surface area contributed by atoms with E-state index in [4.69, 9.17) is 9.72 Å². The Labute approximate surface area is 175 Å². The van der Waals surface area contributed by atoms with Crippen LogP contribution < -0.4 is 15.0 Å². The number of rotatable bonds is 5. The molecule has 0 fully saturated rings. The molecule has 0 aliphatic heterocycles. The maximum atomic E-state index is 12.9. The van der Waals surface area contributed by atoms with Crippen LogP contribution in [0, 0.1) is 6.92 Å². The molecule has 0 radical (unpaired) electrons. The van der Waals surface area contributed by atoms with E-state index in [1.54, 1.807) is 13.2 Å². The van der Waals surface area contributed by atoms with Gasteiger partial charge in [0, 0.05) is 43.3 Å². The van der Waals surface area contributed by atoms with Crippen LogP contribution in [-0.4, -0.2) is 36.5 Å². The van der Waals surface area contributed by atoms with Gasteiger partial charge in [0.2, 0.25) is 0 Å². The Kier molecular flexibility index (Phi) is 5.14. The number of anilines is 2. The first-order valence-electron chi connectivity index (χ1n) is 9.68. The van der Waals surface area contributed by atoms with E-state index < -0.39 is 0 Å². The van der Waals surface area contributed by atoms with Crippen molar-refractivity contribution in [1.29, 1.82) is 0 Å². The molecule has 1 N–H and O–H groups in total. The molecule has 1 amide bonds. The number of amides is 1. The minimum Gasteiger partial charge on any atom is -0.495 e. The number of nitrogens with one attached hydrogen (secondary N) is 1. The molecule has 30 heavy (non-hydrogen) atoms. The highest BCUT2D eigenvalue weighted by Crippen LogP contribution is 2.31. The Morgan fingerprint density at radius 2 is 1.93 bits per heavy atom. The van der Waals surface area contributed by atoms with Gasteiger partial charge in [-0.05, 0) is 55.0 Å². The number of carbonyl (C=O) groups is 1. The summed E-state index contributed by atoms with van der Waals surface area (Å²) in [7, 11) is 5.48. The number of hydrogen-bond acceptors (Lipinski definition) is 4. The first-order chi connectivity index (χ1) is 14.5. The number of fused-ring (bicyclic) bond motifs is 1. The van der Waals surface area contributed by atoms with Crippen molar-refractivity contribution in [3.05, 3.63) is 78.1 Å². The molecule has 2 aromatic heterocycles. The van der Waals surface area contributed by atoms with E-state index in [0.29, 0.717) is 17.0 Å². The largest absolute Gasteiger partial charge is 0.495 e. The van der Waals surface area contributed by atoms with E-state index >= 15 is 0 Å². The number of benzene rings is 2. The first-order valence-corrected chi connectivity index (χ1v) is 9.68. The molecular weight excluding hydrogens is 376 g/mol. The van der Waals surface area contributed by atoms with Crippen molar-refractivity contribution in [2.75, 3.05) is 31.4 Å². The Morgan fingerprint density at radius 1 is 1.10 bits per heavy atom. The monoisotopic (exact) mass is 400 g/mol. The molecule has 4 aromatic rings. The Hall–Kier alpha value is -3.80. The molecule has 0 saturated carbocycles. The van der Waals surface area contributed by atoms with Crippen molar-refractivity contribution < 1.29 is 9.53 Å². The van der Waals surface area contributed by atoms with Crippen LogP contribution in [0.2, 0.25) is 0 Å². The van der Waals surface area contributed by atoms with Crippen LogP contribution >= 0.6 is 0 Å². The third kappa shape index (κ3) is 3.72. The molecule has 0 aliphatic carbocycles. The Balaban J connectivity index is 1.68.